The number of ether oxygens (including phenoxy) is 1. The molecule has 43 heavy (non-hydrogen) atoms. The molecule has 0 saturated carbocycles. The van der Waals surface area contributed by atoms with Crippen LogP contribution in [0.3, 0.4) is 0 Å². The smallest absolute Gasteiger partial charge is 0.229 e. The van der Waals surface area contributed by atoms with Crippen LogP contribution in [0.1, 0.15) is 32.3 Å². The van der Waals surface area contributed by atoms with E-state index in [0.717, 1.165) is 5.69 Å². The van der Waals surface area contributed by atoms with Gasteiger partial charge >= 0.3 is 0 Å². The molecule has 0 bridgehead atoms. The number of piperidine rings is 1. The third-order valence-electron chi connectivity index (χ3n) is 8.31. The number of halogens is 2. The maximum atomic E-state index is 15.4. The van der Waals surface area contributed by atoms with Crippen molar-refractivity contribution in [3.05, 3.63) is 66.1 Å². The summed E-state index contributed by atoms with van der Waals surface area (Å²) in [5.74, 6) is -1.34. The van der Waals surface area contributed by atoms with E-state index in [-0.39, 0.29) is 53.6 Å². The summed E-state index contributed by atoms with van der Waals surface area (Å²) in [4.78, 5) is 22.5. The standard InChI is InChI=1S/C30H34F2N8O3/c1-17-15-39(16-23(33)28(17)36-18(2)41)26-5-8-34-14-25(26)37-29-35-13-20-3-4-24(38-40(20)29)27-21(31)11-19(12-22(27)32)30(42)6-9-43-10-7-30/h3-5,8,11-14,17,23,28,42H,6-7,9-10,15-16,33H2,1-2H3,(H,35,37)(H,36,41). The molecule has 2 aliphatic heterocycles. The summed E-state index contributed by atoms with van der Waals surface area (Å²) < 4.78 is 37.6. The number of fused-ring (bicyclic) bond motifs is 1. The fourth-order valence-corrected chi connectivity index (χ4v) is 6.07. The normalized spacial score (nSPS) is 22.0. The number of aromatic nitrogens is 4. The number of carbonyl (C=O) groups excluding carboxylic acids is 1. The van der Waals surface area contributed by atoms with Crippen molar-refractivity contribution in [3.63, 3.8) is 0 Å². The van der Waals surface area contributed by atoms with E-state index in [1.165, 1.54) is 29.6 Å². The first-order valence-electron chi connectivity index (χ1n) is 14.3. The number of imidazole rings is 1. The van der Waals surface area contributed by atoms with Gasteiger partial charge in [0.2, 0.25) is 11.9 Å². The Labute approximate surface area is 247 Å². The second kappa shape index (κ2) is 11.5. The lowest BCUT2D eigenvalue weighted by atomic mass is 9.85. The fraction of sp³-hybridized carbons (Fsp3) is 0.400. The van der Waals surface area contributed by atoms with Gasteiger partial charge in [0.25, 0.3) is 0 Å². The van der Waals surface area contributed by atoms with Crippen LogP contribution in [-0.4, -0.2) is 69.0 Å². The molecule has 11 nitrogen and oxygen atoms in total. The molecule has 0 radical (unpaired) electrons. The second-order valence-electron chi connectivity index (χ2n) is 11.4. The van der Waals surface area contributed by atoms with Gasteiger partial charge in [0.05, 0.1) is 46.1 Å². The molecule has 1 amide bonds. The van der Waals surface area contributed by atoms with Crippen LogP contribution in [0.2, 0.25) is 0 Å². The average Bonchev–Trinajstić information content (AvgIpc) is 3.37. The Hall–Kier alpha value is -4.20. The summed E-state index contributed by atoms with van der Waals surface area (Å²) in [5.41, 5.74) is 7.16. The lowest BCUT2D eigenvalue weighted by Gasteiger charge is -2.42. The highest BCUT2D eigenvalue weighted by atomic mass is 19.1. The SMILES string of the molecule is CC(=O)NC1C(C)CN(c2ccncc2Nc2ncc3ccc(-c4c(F)cc(C5(O)CCOCC5)cc4F)nn23)CC1N. The number of aliphatic hydroxyl groups is 1. The van der Waals surface area contributed by atoms with Gasteiger partial charge in [-0.3, -0.25) is 9.78 Å². The molecule has 2 aliphatic rings. The number of hydrogen-bond donors (Lipinski definition) is 4. The highest BCUT2D eigenvalue weighted by Gasteiger charge is 2.35. The minimum Gasteiger partial charge on any atom is -0.385 e. The highest BCUT2D eigenvalue weighted by Crippen LogP contribution is 2.36. The quantitative estimate of drug-likeness (QED) is 0.266. The molecule has 2 saturated heterocycles. The van der Waals surface area contributed by atoms with Crippen molar-refractivity contribution < 1.29 is 23.4 Å². The Kier molecular flexibility index (Phi) is 7.71. The summed E-state index contributed by atoms with van der Waals surface area (Å²) in [5, 5.41) is 21.7. The number of pyridine rings is 1. The number of benzene rings is 1. The van der Waals surface area contributed by atoms with Crippen LogP contribution in [0.25, 0.3) is 16.8 Å². The zero-order valence-electron chi connectivity index (χ0n) is 23.9. The molecule has 0 aliphatic carbocycles. The molecule has 0 spiro atoms. The van der Waals surface area contributed by atoms with Gasteiger partial charge in [-0.25, -0.2) is 13.8 Å². The zero-order valence-corrected chi connectivity index (χ0v) is 23.9. The van der Waals surface area contributed by atoms with E-state index in [1.54, 1.807) is 24.7 Å². The topological polar surface area (TPSA) is 143 Å². The summed E-state index contributed by atoms with van der Waals surface area (Å²) in [7, 11) is 0. The van der Waals surface area contributed by atoms with Crippen LogP contribution in [0.4, 0.5) is 26.1 Å². The molecule has 3 aromatic heterocycles. The van der Waals surface area contributed by atoms with Crippen LogP contribution in [0, 0.1) is 17.6 Å². The summed E-state index contributed by atoms with van der Waals surface area (Å²) in [6.45, 7) is 5.32. The predicted molar refractivity (Wildman–Crippen MR) is 157 cm³/mol. The molecule has 3 atom stereocenters. The zero-order chi connectivity index (χ0) is 30.3. The molecule has 13 heteroatoms. The molecular formula is C30H34F2N8O3. The number of hydrogen-bond acceptors (Lipinski definition) is 9. The number of carbonyl (C=O) groups is 1. The number of rotatable bonds is 6. The van der Waals surface area contributed by atoms with E-state index >= 15 is 8.78 Å². The summed E-state index contributed by atoms with van der Waals surface area (Å²) in [6.07, 6.45) is 5.46. The molecule has 3 unspecified atom stereocenters. The van der Waals surface area contributed by atoms with Crippen LogP contribution in [-0.2, 0) is 15.1 Å². The molecule has 2 fully saturated rings. The largest absolute Gasteiger partial charge is 0.385 e. The van der Waals surface area contributed by atoms with Gasteiger partial charge in [0, 0.05) is 64.3 Å². The maximum Gasteiger partial charge on any atom is 0.229 e. The predicted octanol–water partition coefficient (Wildman–Crippen LogP) is 3.10. The maximum absolute atomic E-state index is 15.4. The molecule has 6 rings (SSSR count). The van der Waals surface area contributed by atoms with E-state index in [0.29, 0.717) is 43.5 Å². The van der Waals surface area contributed by atoms with Gasteiger partial charge < -0.3 is 31.1 Å². The number of nitrogens with zero attached hydrogens (tertiary/aromatic N) is 5. The van der Waals surface area contributed by atoms with Gasteiger partial charge in [-0.2, -0.15) is 9.61 Å². The van der Waals surface area contributed by atoms with Crippen molar-refractivity contribution in [1.29, 1.82) is 0 Å². The lowest BCUT2D eigenvalue weighted by Crippen LogP contribution is -2.61. The lowest BCUT2D eigenvalue weighted by molar-refractivity contribution is -0.120. The van der Waals surface area contributed by atoms with Gasteiger partial charge in [-0.05, 0) is 41.8 Å². The minimum atomic E-state index is -1.35. The van der Waals surface area contributed by atoms with Crippen LogP contribution in [0.15, 0.2) is 48.9 Å². The summed E-state index contributed by atoms with van der Waals surface area (Å²) in [6, 6.07) is 7.00. The first-order valence-corrected chi connectivity index (χ1v) is 14.3. The van der Waals surface area contributed by atoms with E-state index in [1.807, 2.05) is 13.0 Å². The van der Waals surface area contributed by atoms with Crippen LogP contribution < -0.4 is 21.3 Å². The minimum absolute atomic E-state index is 0.0697. The Morgan fingerprint density at radius 2 is 1.88 bits per heavy atom. The van der Waals surface area contributed by atoms with Gasteiger partial charge in [0.1, 0.15) is 11.6 Å². The van der Waals surface area contributed by atoms with Gasteiger partial charge in [-0.1, -0.05) is 6.92 Å². The highest BCUT2D eigenvalue weighted by molar-refractivity contribution is 5.75. The van der Waals surface area contributed by atoms with Crippen molar-refractivity contribution in [2.75, 3.05) is 36.5 Å². The first-order chi connectivity index (χ1) is 20.6. The Morgan fingerprint density at radius 1 is 1.14 bits per heavy atom. The molecule has 1 aromatic carbocycles. The number of nitrogens with one attached hydrogen (secondary N) is 2. The third-order valence-corrected chi connectivity index (χ3v) is 8.31. The molecule has 5 heterocycles. The second-order valence-corrected chi connectivity index (χ2v) is 11.4. The van der Waals surface area contributed by atoms with Crippen molar-refractivity contribution in [3.8, 4) is 11.3 Å². The van der Waals surface area contributed by atoms with Gasteiger partial charge in [-0.15, -0.1) is 0 Å². The van der Waals surface area contributed by atoms with Crippen LogP contribution in [0.5, 0.6) is 0 Å². The van der Waals surface area contributed by atoms with Crippen LogP contribution >= 0.6 is 0 Å². The van der Waals surface area contributed by atoms with Crippen molar-refractivity contribution in [2.45, 2.75) is 44.4 Å². The molecule has 226 valence electrons. The number of amides is 1. The molecular weight excluding hydrogens is 558 g/mol. The molecule has 5 N–H and O–H groups in total. The van der Waals surface area contributed by atoms with E-state index in [4.69, 9.17) is 10.5 Å². The van der Waals surface area contributed by atoms with Crippen molar-refractivity contribution in [1.82, 2.24) is 24.9 Å². The Bertz CT molecular complexity index is 1620. The van der Waals surface area contributed by atoms with E-state index in [2.05, 4.69) is 30.6 Å². The third kappa shape index (κ3) is 5.63. The number of anilines is 3. The number of nitrogens with two attached hydrogens (primary N) is 1. The summed E-state index contributed by atoms with van der Waals surface area (Å²) >= 11 is 0. The van der Waals surface area contributed by atoms with Crippen molar-refractivity contribution in [2.24, 2.45) is 11.7 Å². The average molecular weight is 593 g/mol. The van der Waals surface area contributed by atoms with Crippen molar-refractivity contribution >= 4 is 28.7 Å². The van der Waals surface area contributed by atoms with E-state index < -0.39 is 17.2 Å². The first kappa shape index (κ1) is 28.9. The molecule has 4 aromatic rings. The fourth-order valence-electron chi connectivity index (χ4n) is 6.07. The van der Waals surface area contributed by atoms with E-state index in [9.17, 15) is 9.90 Å². The Morgan fingerprint density at radius 3 is 2.58 bits per heavy atom. The Balaban J connectivity index is 1.29. The van der Waals surface area contributed by atoms with Gasteiger partial charge in [0.15, 0.2) is 0 Å². The monoisotopic (exact) mass is 592 g/mol.